The molecule has 0 aromatic heterocycles. The lowest BCUT2D eigenvalue weighted by Crippen LogP contribution is -2.27. The van der Waals surface area contributed by atoms with Gasteiger partial charge in [0.25, 0.3) is 0 Å². The van der Waals surface area contributed by atoms with E-state index in [0.717, 1.165) is 5.56 Å². The first-order valence-electron chi connectivity index (χ1n) is 7.62. The molecule has 1 aliphatic rings. The van der Waals surface area contributed by atoms with E-state index in [4.69, 9.17) is 11.6 Å². The van der Waals surface area contributed by atoms with Crippen LogP contribution in [-0.4, -0.2) is 11.8 Å². The minimum atomic E-state index is -0.365. The molecular formula is C18H16ClFN2O2. The molecule has 4 nitrogen and oxygen atoms in total. The number of carbonyl (C=O) groups is 2. The number of benzene rings is 2. The Kier molecular flexibility index (Phi) is 4.81. The van der Waals surface area contributed by atoms with Crippen molar-refractivity contribution < 1.29 is 14.0 Å². The van der Waals surface area contributed by atoms with Crippen molar-refractivity contribution in [2.45, 2.75) is 13.0 Å². The van der Waals surface area contributed by atoms with Crippen molar-refractivity contribution in [2.75, 3.05) is 5.32 Å². The van der Waals surface area contributed by atoms with Crippen LogP contribution in [0.15, 0.2) is 48.5 Å². The summed E-state index contributed by atoms with van der Waals surface area (Å²) < 4.78 is 12.8. The number of carbonyl (C=O) groups excluding carboxylic acids is 2. The largest absolute Gasteiger partial charge is 0.352 e. The highest BCUT2D eigenvalue weighted by Crippen LogP contribution is 2.39. The molecule has 2 aromatic rings. The molecule has 2 amide bonds. The summed E-state index contributed by atoms with van der Waals surface area (Å²) in [6, 6.07) is 12.8. The van der Waals surface area contributed by atoms with Crippen molar-refractivity contribution in [2.24, 2.45) is 11.8 Å². The van der Waals surface area contributed by atoms with Crippen LogP contribution in [0.3, 0.4) is 0 Å². The molecule has 2 N–H and O–H groups in total. The third kappa shape index (κ3) is 3.92. The topological polar surface area (TPSA) is 58.2 Å². The van der Waals surface area contributed by atoms with Gasteiger partial charge in [0, 0.05) is 17.3 Å². The number of nitrogens with one attached hydrogen (secondary N) is 2. The van der Waals surface area contributed by atoms with Crippen LogP contribution >= 0.6 is 11.6 Å². The molecule has 0 aliphatic heterocycles. The second-order valence-corrected chi connectivity index (χ2v) is 6.16. The number of hydrogen-bond acceptors (Lipinski definition) is 2. The minimum absolute atomic E-state index is 0.158. The van der Waals surface area contributed by atoms with Crippen molar-refractivity contribution in [1.82, 2.24) is 5.32 Å². The van der Waals surface area contributed by atoms with Crippen molar-refractivity contribution in [3.05, 3.63) is 64.9 Å². The third-order valence-corrected chi connectivity index (χ3v) is 4.36. The van der Waals surface area contributed by atoms with E-state index in [-0.39, 0.29) is 29.5 Å². The molecule has 124 valence electrons. The zero-order valence-corrected chi connectivity index (χ0v) is 13.5. The lowest BCUT2D eigenvalue weighted by atomic mass is 10.2. The van der Waals surface area contributed by atoms with E-state index >= 15 is 0 Å². The summed E-state index contributed by atoms with van der Waals surface area (Å²) in [7, 11) is 0. The Balaban J connectivity index is 1.49. The molecule has 1 saturated carbocycles. The van der Waals surface area contributed by atoms with Crippen LogP contribution in [0.1, 0.15) is 12.0 Å². The quantitative estimate of drug-likeness (QED) is 0.872. The fourth-order valence-corrected chi connectivity index (χ4v) is 2.70. The number of anilines is 1. The highest BCUT2D eigenvalue weighted by molar-refractivity contribution is 6.31. The molecule has 0 saturated heterocycles. The van der Waals surface area contributed by atoms with Crippen LogP contribution in [0.5, 0.6) is 0 Å². The second-order valence-electron chi connectivity index (χ2n) is 5.75. The van der Waals surface area contributed by atoms with Crippen molar-refractivity contribution >= 4 is 29.1 Å². The van der Waals surface area contributed by atoms with Crippen LogP contribution in [0.4, 0.5) is 10.1 Å². The SMILES string of the molecule is O=C(NCc1ccccc1Cl)C1CC1C(=O)Nc1ccc(F)cc1. The summed E-state index contributed by atoms with van der Waals surface area (Å²) in [6.45, 7) is 0.335. The van der Waals surface area contributed by atoms with Gasteiger partial charge in [-0.25, -0.2) is 4.39 Å². The number of amides is 2. The molecule has 2 atom stereocenters. The molecule has 24 heavy (non-hydrogen) atoms. The molecule has 3 rings (SSSR count). The van der Waals surface area contributed by atoms with Gasteiger partial charge in [-0.2, -0.15) is 0 Å². The molecule has 0 bridgehead atoms. The van der Waals surface area contributed by atoms with Gasteiger partial charge in [0.15, 0.2) is 0 Å². The van der Waals surface area contributed by atoms with Crippen LogP contribution in [-0.2, 0) is 16.1 Å². The van der Waals surface area contributed by atoms with Crippen LogP contribution in [0, 0.1) is 17.7 Å². The Labute approximate surface area is 144 Å². The standard InChI is InChI=1S/C18H16ClFN2O2/c19-16-4-2-1-3-11(16)10-21-17(23)14-9-15(14)18(24)22-13-7-5-12(20)6-8-13/h1-8,14-15H,9-10H2,(H,21,23)(H,22,24). The molecule has 2 aromatic carbocycles. The smallest absolute Gasteiger partial charge is 0.228 e. The maximum atomic E-state index is 12.8. The zero-order chi connectivity index (χ0) is 17.1. The maximum Gasteiger partial charge on any atom is 0.228 e. The Hall–Kier alpha value is -2.40. The van der Waals surface area contributed by atoms with Gasteiger partial charge in [0.2, 0.25) is 11.8 Å². The second kappa shape index (κ2) is 7.01. The van der Waals surface area contributed by atoms with E-state index in [1.165, 1.54) is 24.3 Å². The van der Waals surface area contributed by atoms with Crippen LogP contribution in [0.2, 0.25) is 5.02 Å². The lowest BCUT2D eigenvalue weighted by Gasteiger charge is -2.07. The minimum Gasteiger partial charge on any atom is -0.352 e. The normalized spacial score (nSPS) is 18.8. The molecule has 0 spiro atoms. The Bertz CT molecular complexity index is 764. The number of hydrogen-bond donors (Lipinski definition) is 2. The monoisotopic (exact) mass is 346 g/mol. The predicted octanol–water partition coefficient (Wildman–Crippen LogP) is 3.37. The summed E-state index contributed by atoms with van der Waals surface area (Å²) >= 11 is 6.04. The van der Waals surface area contributed by atoms with E-state index in [2.05, 4.69) is 10.6 Å². The fourth-order valence-electron chi connectivity index (χ4n) is 2.50. The van der Waals surface area contributed by atoms with E-state index in [1.807, 2.05) is 18.2 Å². The van der Waals surface area contributed by atoms with Gasteiger partial charge in [-0.05, 0) is 42.3 Å². The summed E-state index contributed by atoms with van der Waals surface area (Å²) in [5.41, 5.74) is 1.35. The van der Waals surface area contributed by atoms with Gasteiger partial charge in [-0.3, -0.25) is 9.59 Å². The highest BCUT2D eigenvalue weighted by Gasteiger charge is 2.47. The maximum absolute atomic E-state index is 12.8. The Morgan fingerprint density at radius 1 is 1.04 bits per heavy atom. The van der Waals surface area contributed by atoms with Crippen molar-refractivity contribution in [1.29, 1.82) is 0 Å². The molecule has 1 aliphatic carbocycles. The molecule has 6 heteroatoms. The van der Waals surface area contributed by atoms with Gasteiger partial charge >= 0.3 is 0 Å². The lowest BCUT2D eigenvalue weighted by molar-refractivity contribution is -0.125. The molecule has 2 unspecified atom stereocenters. The fraction of sp³-hybridized carbons (Fsp3) is 0.222. The molecule has 0 radical (unpaired) electrons. The van der Waals surface area contributed by atoms with E-state index in [0.29, 0.717) is 23.7 Å². The Morgan fingerprint density at radius 2 is 1.71 bits per heavy atom. The first kappa shape index (κ1) is 16.5. The number of rotatable bonds is 5. The third-order valence-electron chi connectivity index (χ3n) is 3.99. The summed E-state index contributed by atoms with van der Waals surface area (Å²) in [5.74, 6) is -1.42. The predicted molar refractivity (Wildman–Crippen MR) is 89.9 cm³/mol. The van der Waals surface area contributed by atoms with Gasteiger partial charge in [0.05, 0.1) is 11.8 Å². The molecular weight excluding hydrogens is 331 g/mol. The summed E-state index contributed by atoms with van der Waals surface area (Å²) in [5, 5.41) is 6.09. The summed E-state index contributed by atoms with van der Waals surface area (Å²) in [4.78, 5) is 24.2. The van der Waals surface area contributed by atoms with Crippen LogP contribution < -0.4 is 10.6 Å². The van der Waals surface area contributed by atoms with Gasteiger partial charge in [-0.15, -0.1) is 0 Å². The highest BCUT2D eigenvalue weighted by atomic mass is 35.5. The molecule has 1 fully saturated rings. The average molecular weight is 347 g/mol. The van der Waals surface area contributed by atoms with Crippen molar-refractivity contribution in [3.63, 3.8) is 0 Å². The van der Waals surface area contributed by atoms with Crippen molar-refractivity contribution in [3.8, 4) is 0 Å². The van der Waals surface area contributed by atoms with Gasteiger partial charge in [-0.1, -0.05) is 29.8 Å². The van der Waals surface area contributed by atoms with Gasteiger partial charge < -0.3 is 10.6 Å². The first-order chi connectivity index (χ1) is 11.5. The average Bonchev–Trinajstić information content (AvgIpc) is 3.37. The Morgan fingerprint density at radius 3 is 2.42 bits per heavy atom. The first-order valence-corrected chi connectivity index (χ1v) is 8.00. The van der Waals surface area contributed by atoms with E-state index in [9.17, 15) is 14.0 Å². The van der Waals surface area contributed by atoms with Crippen LogP contribution in [0.25, 0.3) is 0 Å². The van der Waals surface area contributed by atoms with E-state index in [1.54, 1.807) is 6.07 Å². The number of halogens is 2. The summed E-state index contributed by atoms with van der Waals surface area (Å²) in [6.07, 6.45) is 0.515. The van der Waals surface area contributed by atoms with Gasteiger partial charge in [0.1, 0.15) is 5.82 Å². The van der Waals surface area contributed by atoms with E-state index < -0.39 is 0 Å². The molecule has 0 heterocycles. The zero-order valence-electron chi connectivity index (χ0n) is 12.8.